The van der Waals surface area contributed by atoms with Crippen LogP contribution in [-0.2, 0) is 11.3 Å². The van der Waals surface area contributed by atoms with E-state index in [0.29, 0.717) is 10.6 Å². The monoisotopic (exact) mass is 264 g/mol. The second-order valence-electron chi connectivity index (χ2n) is 3.65. The largest absolute Gasteiger partial charge is 0.457 e. The van der Waals surface area contributed by atoms with Crippen molar-refractivity contribution in [3.8, 4) is 0 Å². The average Bonchev–Trinajstić information content (AvgIpc) is 2.38. The number of hydrogen-bond acceptors (Lipinski definition) is 2. The molecule has 0 atom stereocenters. The van der Waals surface area contributed by atoms with Crippen LogP contribution >= 0.6 is 11.6 Å². The van der Waals surface area contributed by atoms with Gasteiger partial charge in [0.15, 0.2) is 0 Å². The molecule has 0 saturated heterocycles. The maximum Gasteiger partial charge on any atom is 0.339 e. The van der Waals surface area contributed by atoms with Crippen molar-refractivity contribution in [1.29, 1.82) is 0 Å². The lowest BCUT2D eigenvalue weighted by Crippen LogP contribution is -2.06. The normalized spacial score (nSPS) is 10.1. The molecule has 0 bridgehead atoms. The van der Waals surface area contributed by atoms with Crippen molar-refractivity contribution in [3.63, 3.8) is 0 Å². The molecule has 4 heteroatoms. The molecule has 0 aliphatic carbocycles. The van der Waals surface area contributed by atoms with Gasteiger partial charge in [0.05, 0.1) is 10.6 Å². The van der Waals surface area contributed by atoms with Gasteiger partial charge in [0.2, 0.25) is 0 Å². The molecule has 0 aromatic heterocycles. The number of rotatable bonds is 3. The Labute approximate surface area is 109 Å². The first-order chi connectivity index (χ1) is 8.68. The molecule has 2 nitrogen and oxygen atoms in total. The van der Waals surface area contributed by atoms with Gasteiger partial charge in [-0.2, -0.15) is 0 Å². The van der Waals surface area contributed by atoms with Crippen LogP contribution in [0.25, 0.3) is 0 Å². The summed E-state index contributed by atoms with van der Waals surface area (Å²) in [4.78, 5) is 11.7. The Hall–Kier alpha value is -1.87. The van der Waals surface area contributed by atoms with Crippen LogP contribution in [0.2, 0.25) is 5.02 Å². The summed E-state index contributed by atoms with van der Waals surface area (Å²) in [5, 5.41) is 0.316. The van der Waals surface area contributed by atoms with Crippen molar-refractivity contribution in [2.24, 2.45) is 0 Å². The van der Waals surface area contributed by atoms with Crippen LogP contribution in [0, 0.1) is 5.82 Å². The molecular weight excluding hydrogens is 255 g/mol. The van der Waals surface area contributed by atoms with E-state index in [1.54, 1.807) is 42.5 Å². The molecule has 92 valence electrons. The number of hydrogen-bond donors (Lipinski definition) is 0. The predicted molar refractivity (Wildman–Crippen MR) is 67.0 cm³/mol. The number of ether oxygens (including phenoxy) is 1. The second-order valence-corrected chi connectivity index (χ2v) is 4.05. The average molecular weight is 265 g/mol. The van der Waals surface area contributed by atoms with Crippen molar-refractivity contribution in [2.75, 3.05) is 0 Å². The van der Waals surface area contributed by atoms with Gasteiger partial charge in [-0.1, -0.05) is 41.9 Å². The summed E-state index contributed by atoms with van der Waals surface area (Å²) in [5.74, 6) is -0.965. The Morgan fingerprint density at radius 3 is 2.50 bits per heavy atom. The Bertz CT molecular complexity index is 569. The highest BCUT2D eigenvalue weighted by molar-refractivity contribution is 6.33. The fourth-order valence-electron chi connectivity index (χ4n) is 1.46. The lowest BCUT2D eigenvalue weighted by atomic mass is 10.2. The number of halogens is 2. The Kier molecular flexibility index (Phi) is 3.95. The zero-order chi connectivity index (χ0) is 13.0. The van der Waals surface area contributed by atoms with Crippen molar-refractivity contribution in [1.82, 2.24) is 0 Å². The minimum absolute atomic E-state index is 0.114. The van der Waals surface area contributed by atoms with Crippen LogP contribution < -0.4 is 0 Å². The highest BCUT2D eigenvalue weighted by Gasteiger charge is 2.11. The first kappa shape index (κ1) is 12.6. The molecule has 2 aromatic carbocycles. The minimum Gasteiger partial charge on any atom is -0.457 e. The standard InChI is InChI=1S/C14H10ClFO2/c15-12-7-3-2-6-11(12)14(17)18-9-10-5-1-4-8-13(10)16/h1-8H,9H2. The van der Waals surface area contributed by atoms with E-state index < -0.39 is 11.8 Å². The van der Waals surface area contributed by atoms with Gasteiger partial charge in [-0.05, 0) is 18.2 Å². The van der Waals surface area contributed by atoms with E-state index in [0.717, 1.165) is 0 Å². The van der Waals surface area contributed by atoms with Gasteiger partial charge in [0.25, 0.3) is 0 Å². The van der Waals surface area contributed by atoms with Crippen LogP contribution in [0.15, 0.2) is 48.5 Å². The fraction of sp³-hybridized carbons (Fsp3) is 0.0714. The molecule has 0 fully saturated rings. The molecular formula is C14H10ClFO2. The molecule has 0 saturated carbocycles. The maximum atomic E-state index is 13.3. The summed E-state index contributed by atoms with van der Waals surface area (Å²) < 4.78 is 18.3. The van der Waals surface area contributed by atoms with E-state index in [9.17, 15) is 9.18 Å². The van der Waals surface area contributed by atoms with Gasteiger partial charge in [-0.3, -0.25) is 0 Å². The molecule has 0 spiro atoms. The van der Waals surface area contributed by atoms with Gasteiger partial charge in [0, 0.05) is 5.56 Å². The third kappa shape index (κ3) is 2.87. The van der Waals surface area contributed by atoms with E-state index in [1.165, 1.54) is 6.07 Å². The number of carbonyl (C=O) groups is 1. The van der Waals surface area contributed by atoms with Crippen molar-refractivity contribution in [2.45, 2.75) is 6.61 Å². The second kappa shape index (κ2) is 5.65. The molecule has 0 aliphatic rings. The van der Waals surface area contributed by atoms with Gasteiger partial charge in [0.1, 0.15) is 12.4 Å². The summed E-state index contributed by atoms with van der Waals surface area (Å²) in [6.45, 7) is -0.114. The van der Waals surface area contributed by atoms with Crippen molar-refractivity contribution in [3.05, 3.63) is 70.5 Å². The van der Waals surface area contributed by atoms with E-state index in [-0.39, 0.29) is 12.2 Å². The lowest BCUT2D eigenvalue weighted by molar-refractivity contribution is 0.0469. The van der Waals surface area contributed by atoms with Crippen LogP contribution in [0.5, 0.6) is 0 Å². The van der Waals surface area contributed by atoms with E-state index in [1.807, 2.05) is 0 Å². The summed E-state index contributed by atoms with van der Waals surface area (Å²) in [6.07, 6.45) is 0. The van der Waals surface area contributed by atoms with Crippen LogP contribution in [0.1, 0.15) is 15.9 Å². The first-order valence-corrected chi connectivity index (χ1v) is 5.71. The lowest BCUT2D eigenvalue weighted by Gasteiger charge is -2.06. The van der Waals surface area contributed by atoms with Gasteiger partial charge < -0.3 is 4.74 Å². The SMILES string of the molecule is O=C(OCc1ccccc1F)c1ccccc1Cl. The van der Waals surface area contributed by atoms with E-state index in [2.05, 4.69) is 0 Å². The smallest absolute Gasteiger partial charge is 0.339 e. The van der Waals surface area contributed by atoms with Gasteiger partial charge in [-0.25, -0.2) is 9.18 Å². The molecule has 0 N–H and O–H groups in total. The molecule has 2 rings (SSSR count). The van der Waals surface area contributed by atoms with Crippen LogP contribution in [0.4, 0.5) is 4.39 Å². The van der Waals surface area contributed by atoms with Gasteiger partial charge >= 0.3 is 5.97 Å². The molecule has 0 heterocycles. The van der Waals surface area contributed by atoms with E-state index >= 15 is 0 Å². The fourth-order valence-corrected chi connectivity index (χ4v) is 1.68. The molecule has 0 unspecified atom stereocenters. The zero-order valence-corrected chi connectivity index (χ0v) is 10.2. The quantitative estimate of drug-likeness (QED) is 0.788. The van der Waals surface area contributed by atoms with Crippen LogP contribution in [-0.4, -0.2) is 5.97 Å². The number of carbonyl (C=O) groups excluding carboxylic acids is 1. The highest BCUT2D eigenvalue weighted by atomic mass is 35.5. The highest BCUT2D eigenvalue weighted by Crippen LogP contribution is 2.17. The topological polar surface area (TPSA) is 26.3 Å². The zero-order valence-electron chi connectivity index (χ0n) is 9.40. The summed E-state index contributed by atoms with van der Waals surface area (Å²) in [5.41, 5.74) is 0.605. The molecule has 18 heavy (non-hydrogen) atoms. The third-order valence-corrected chi connectivity index (χ3v) is 2.74. The third-order valence-electron chi connectivity index (χ3n) is 2.41. The van der Waals surface area contributed by atoms with Crippen molar-refractivity contribution >= 4 is 17.6 Å². The minimum atomic E-state index is -0.566. The van der Waals surface area contributed by atoms with E-state index in [4.69, 9.17) is 16.3 Å². The summed E-state index contributed by atoms with van der Waals surface area (Å²) in [6, 6.07) is 12.7. The van der Waals surface area contributed by atoms with Crippen LogP contribution in [0.3, 0.4) is 0 Å². The number of benzene rings is 2. The molecule has 0 radical (unpaired) electrons. The summed E-state index contributed by atoms with van der Waals surface area (Å²) >= 11 is 5.86. The van der Waals surface area contributed by atoms with Crippen molar-refractivity contribution < 1.29 is 13.9 Å². The predicted octanol–water partition coefficient (Wildman–Crippen LogP) is 3.84. The first-order valence-electron chi connectivity index (χ1n) is 5.33. The van der Waals surface area contributed by atoms with Gasteiger partial charge in [-0.15, -0.1) is 0 Å². The summed E-state index contributed by atoms with van der Waals surface area (Å²) in [7, 11) is 0. The molecule has 0 aliphatic heterocycles. The number of esters is 1. The molecule has 2 aromatic rings. The maximum absolute atomic E-state index is 13.3. The Balaban J connectivity index is 2.06. The Morgan fingerprint density at radius 2 is 1.78 bits per heavy atom. The Morgan fingerprint density at radius 1 is 1.11 bits per heavy atom. The molecule has 0 amide bonds.